The van der Waals surface area contributed by atoms with Gasteiger partial charge < -0.3 is 14.8 Å². The normalized spacial score (nSPS) is 11.1. The molecule has 0 aliphatic rings. The Morgan fingerprint density at radius 2 is 1.85 bits per heavy atom. The fourth-order valence-corrected chi connectivity index (χ4v) is 3.30. The van der Waals surface area contributed by atoms with E-state index in [2.05, 4.69) is 5.32 Å². The van der Waals surface area contributed by atoms with Crippen LogP contribution in [0, 0.1) is 0 Å². The Morgan fingerprint density at radius 3 is 2.48 bits per heavy atom. The number of hydrogen-bond acceptors (Lipinski definition) is 5. The second kappa shape index (κ2) is 8.77. The van der Waals surface area contributed by atoms with Crippen LogP contribution in [0.3, 0.4) is 0 Å². The fourth-order valence-electron chi connectivity index (χ4n) is 2.45. The zero-order chi connectivity index (χ0) is 20.0. The molecule has 0 fully saturated rings. The van der Waals surface area contributed by atoms with Gasteiger partial charge in [-0.05, 0) is 38.1 Å². The van der Waals surface area contributed by atoms with Crippen LogP contribution in [0.15, 0.2) is 48.5 Å². The summed E-state index contributed by atoms with van der Waals surface area (Å²) in [6.45, 7) is 3.38. The van der Waals surface area contributed by atoms with Crippen molar-refractivity contribution in [1.29, 1.82) is 0 Å². The van der Waals surface area contributed by atoms with E-state index in [1.165, 1.54) is 7.11 Å². The molecular weight excluding hydrogens is 368 g/mol. The fraction of sp³-hybridized carbons (Fsp3) is 0.316. The maximum absolute atomic E-state index is 12.5. The van der Waals surface area contributed by atoms with Crippen molar-refractivity contribution >= 4 is 27.3 Å². The van der Waals surface area contributed by atoms with Crippen molar-refractivity contribution in [3.05, 3.63) is 48.5 Å². The number of anilines is 2. The first kappa shape index (κ1) is 20.6. The van der Waals surface area contributed by atoms with Crippen LogP contribution in [-0.2, 0) is 14.8 Å². The van der Waals surface area contributed by atoms with E-state index in [1.807, 2.05) is 13.8 Å². The van der Waals surface area contributed by atoms with Crippen LogP contribution < -0.4 is 19.1 Å². The number of benzene rings is 2. The molecule has 0 aliphatic heterocycles. The highest BCUT2D eigenvalue weighted by Gasteiger charge is 2.22. The summed E-state index contributed by atoms with van der Waals surface area (Å²) in [5, 5.41) is 2.68. The molecule has 7 nitrogen and oxygen atoms in total. The van der Waals surface area contributed by atoms with Gasteiger partial charge in [-0.1, -0.05) is 18.2 Å². The molecule has 0 saturated carbocycles. The first-order chi connectivity index (χ1) is 12.7. The van der Waals surface area contributed by atoms with Gasteiger partial charge in [0.25, 0.3) is 0 Å². The molecule has 0 heterocycles. The summed E-state index contributed by atoms with van der Waals surface area (Å²) in [5.74, 6) is 0.533. The number of sulfonamides is 1. The summed E-state index contributed by atoms with van der Waals surface area (Å²) >= 11 is 0. The molecule has 0 saturated heterocycles. The van der Waals surface area contributed by atoms with Crippen molar-refractivity contribution in [2.45, 2.75) is 20.0 Å². The Kier molecular flexibility index (Phi) is 6.68. The molecule has 2 aromatic rings. The first-order valence-electron chi connectivity index (χ1n) is 8.38. The molecule has 0 spiro atoms. The molecule has 0 unspecified atom stereocenters. The van der Waals surface area contributed by atoms with Crippen LogP contribution in [0.1, 0.15) is 13.8 Å². The molecule has 1 amide bonds. The van der Waals surface area contributed by atoms with Gasteiger partial charge in [-0.2, -0.15) is 0 Å². The van der Waals surface area contributed by atoms with Gasteiger partial charge in [0, 0.05) is 6.07 Å². The number of rotatable bonds is 8. The summed E-state index contributed by atoms with van der Waals surface area (Å²) in [4.78, 5) is 12.5. The number of nitrogens with one attached hydrogen (secondary N) is 1. The van der Waals surface area contributed by atoms with E-state index in [-0.39, 0.29) is 12.6 Å². The van der Waals surface area contributed by atoms with Crippen LogP contribution in [0.2, 0.25) is 0 Å². The maximum Gasteiger partial charge on any atom is 0.245 e. The SMILES string of the molecule is COc1ccccc1NC(=O)CN(c1cccc(OC(C)C)c1)S(C)(=O)=O. The topological polar surface area (TPSA) is 84.9 Å². The average Bonchev–Trinajstić information content (AvgIpc) is 2.59. The number of para-hydroxylation sites is 2. The highest BCUT2D eigenvalue weighted by atomic mass is 32.2. The summed E-state index contributed by atoms with van der Waals surface area (Å²) in [6.07, 6.45) is 1.00. The number of methoxy groups -OCH3 is 1. The van der Waals surface area contributed by atoms with Crippen molar-refractivity contribution in [3.8, 4) is 11.5 Å². The number of nitrogens with zero attached hydrogens (tertiary/aromatic N) is 1. The lowest BCUT2D eigenvalue weighted by Crippen LogP contribution is -2.37. The molecule has 2 aromatic carbocycles. The van der Waals surface area contributed by atoms with E-state index in [0.717, 1.165) is 10.6 Å². The minimum atomic E-state index is -3.68. The minimum Gasteiger partial charge on any atom is -0.495 e. The minimum absolute atomic E-state index is 0.0548. The lowest BCUT2D eigenvalue weighted by molar-refractivity contribution is -0.114. The number of carbonyl (C=O) groups is 1. The molecule has 0 aromatic heterocycles. The summed E-state index contributed by atoms with van der Waals surface area (Å²) < 4.78 is 36.3. The Morgan fingerprint density at radius 1 is 1.15 bits per heavy atom. The van der Waals surface area contributed by atoms with E-state index in [9.17, 15) is 13.2 Å². The third-order valence-electron chi connectivity index (χ3n) is 3.55. The van der Waals surface area contributed by atoms with Crippen LogP contribution in [0.4, 0.5) is 11.4 Å². The van der Waals surface area contributed by atoms with Crippen molar-refractivity contribution in [1.82, 2.24) is 0 Å². The van der Waals surface area contributed by atoms with E-state index >= 15 is 0 Å². The third kappa shape index (κ3) is 5.89. The quantitative estimate of drug-likeness (QED) is 0.747. The van der Waals surface area contributed by atoms with E-state index in [0.29, 0.717) is 22.9 Å². The Hall–Kier alpha value is -2.74. The van der Waals surface area contributed by atoms with Gasteiger partial charge >= 0.3 is 0 Å². The zero-order valence-corrected chi connectivity index (χ0v) is 16.6. The second-order valence-corrected chi connectivity index (χ2v) is 8.09. The molecule has 27 heavy (non-hydrogen) atoms. The third-order valence-corrected chi connectivity index (χ3v) is 4.69. The summed E-state index contributed by atoms with van der Waals surface area (Å²) in [6, 6.07) is 13.5. The number of ether oxygens (including phenoxy) is 2. The highest BCUT2D eigenvalue weighted by Crippen LogP contribution is 2.25. The number of carbonyl (C=O) groups excluding carboxylic acids is 1. The average molecular weight is 392 g/mol. The Balaban J connectivity index is 2.24. The Bertz CT molecular complexity index is 896. The van der Waals surface area contributed by atoms with E-state index in [1.54, 1.807) is 48.5 Å². The van der Waals surface area contributed by atoms with Crippen LogP contribution >= 0.6 is 0 Å². The molecule has 8 heteroatoms. The molecule has 1 N–H and O–H groups in total. The molecule has 2 rings (SSSR count). The van der Waals surface area contributed by atoms with Crippen LogP contribution in [0.25, 0.3) is 0 Å². The first-order valence-corrected chi connectivity index (χ1v) is 10.2. The summed E-state index contributed by atoms with van der Waals surface area (Å²) in [5.41, 5.74) is 0.821. The van der Waals surface area contributed by atoms with Gasteiger partial charge in [-0.15, -0.1) is 0 Å². The molecule has 0 aliphatic carbocycles. The van der Waals surface area contributed by atoms with Crippen molar-refractivity contribution in [2.24, 2.45) is 0 Å². The standard InChI is InChI=1S/C19H24N2O5S/c1-14(2)26-16-9-7-8-15(12-16)21(27(4,23)24)13-19(22)20-17-10-5-6-11-18(17)25-3/h5-12,14H,13H2,1-4H3,(H,20,22). The van der Waals surface area contributed by atoms with E-state index < -0.39 is 15.9 Å². The Labute approximate surface area is 160 Å². The maximum atomic E-state index is 12.5. The van der Waals surface area contributed by atoms with E-state index in [4.69, 9.17) is 9.47 Å². The lowest BCUT2D eigenvalue weighted by atomic mass is 10.2. The van der Waals surface area contributed by atoms with Gasteiger partial charge in [0.05, 0.1) is 30.8 Å². The van der Waals surface area contributed by atoms with Gasteiger partial charge in [-0.3, -0.25) is 9.10 Å². The monoisotopic (exact) mass is 392 g/mol. The smallest absolute Gasteiger partial charge is 0.245 e. The predicted octanol–water partition coefficient (Wildman–Crippen LogP) is 2.89. The van der Waals surface area contributed by atoms with Crippen molar-refractivity contribution in [2.75, 3.05) is 29.5 Å². The van der Waals surface area contributed by atoms with Crippen LogP contribution in [-0.4, -0.2) is 40.3 Å². The van der Waals surface area contributed by atoms with Crippen LogP contribution in [0.5, 0.6) is 11.5 Å². The van der Waals surface area contributed by atoms with Crippen molar-refractivity contribution < 1.29 is 22.7 Å². The molecule has 0 bridgehead atoms. The number of hydrogen-bond donors (Lipinski definition) is 1. The van der Waals surface area contributed by atoms with Gasteiger partial charge in [0.2, 0.25) is 15.9 Å². The molecule has 0 atom stereocenters. The largest absolute Gasteiger partial charge is 0.495 e. The van der Waals surface area contributed by atoms with Gasteiger partial charge in [-0.25, -0.2) is 8.42 Å². The second-order valence-electron chi connectivity index (χ2n) is 6.18. The van der Waals surface area contributed by atoms with Gasteiger partial charge in [0.15, 0.2) is 0 Å². The summed E-state index contributed by atoms with van der Waals surface area (Å²) in [7, 11) is -2.19. The lowest BCUT2D eigenvalue weighted by Gasteiger charge is -2.23. The zero-order valence-electron chi connectivity index (χ0n) is 15.8. The molecule has 0 radical (unpaired) electrons. The predicted molar refractivity (Wildman–Crippen MR) is 106 cm³/mol. The number of amides is 1. The van der Waals surface area contributed by atoms with Crippen molar-refractivity contribution in [3.63, 3.8) is 0 Å². The molecule has 146 valence electrons. The van der Waals surface area contributed by atoms with Gasteiger partial charge in [0.1, 0.15) is 18.0 Å². The highest BCUT2D eigenvalue weighted by molar-refractivity contribution is 7.92. The molecular formula is C19H24N2O5S.